The van der Waals surface area contributed by atoms with Gasteiger partial charge in [0.1, 0.15) is 12.4 Å². The summed E-state index contributed by atoms with van der Waals surface area (Å²) in [6.45, 7) is 1.62. The van der Waals surface area contributed by atoms with Crippen molar-refractivity contribution in [3.8, 4) is 5.75 Å². The number of nitrogens with one attached hydrogen (secondary N) is 1. The van der Waals surface area contributed by atoms with Gasteiger partial charge < -0.3 is 10.1 Å². The Morgan fingerprint density at radius 3 is 2.58 bits per heavy atom. The number of alkyl halides is 3. The third kappa shape index (κ3) is 4.91. The minimum atomic E-state index is -4.52. The maximum absolute atomic E-state index is 13.3. The Balaban J connectivity index is 2.31. The fourth-order valence-corrected chi connectivity index (χ4v) is 2.73. The van der Waals surface area contributed by atoms with Gasteiger partial charge in [-0.15, -0.1) is 0 Å². The molecule has 0 bridgehead atoms. The van der Waals surface area contributed by atoms with Crippen LogP contribution in [0.2, 0.25) is 5.02 Å². The standard InChI is InChI=1S/C19H19ClF3NO2/c1-3-12-7-8-17(15(9-12)19(21,22)23)26-11-14-13(10-18(25)24-2)5-4-6-16(14)20/h4-9H,3,10-11H2,1-2H3,(H,24,25). The number of aryl methyl sites for hydroxylation is 1. The molecule has 3 nitrogen and oxygen atoms in total. The van der Waals surface area contributed by atoms with Gasteiger partial charge in [-0.1, -0.05) is 36.7 Å². The second-order valence-electron chi connectivity index (χ2n) is 5.70. The summed E-state index contributed by atoms with van der Waals surface area (Å²) in [5.41, 5.74) is 0.848. The number of likely N-dealkylation sites (N-methyl/N-ethyl adjacent to an activating group) is 1. The fraction of sp³-hybridized carbons (Fsp3) is 0.316. The average molecular weight is 386 g/mol. The quantitative estimate of drug-likeness (QED) is 0.776. The Kier molecular flexibility index (Phi) is 6.53. The number of carbonyl (C=O) groups is 1. The van der Waals surface area contributed by atoms with Crippen molar-refractivity contribution in [2.24, 2.45) is 0 Å². The lowest BCUT2D eigenvalue weighted by atomic mass is 10.0. The molecule has 2 aromatic rings. The van der Waals surface area contributed by atoms with Gasteiger partial charge in [-0.3, -0.25) is 4.79 Å². The molecule has 1 amide bonds. The van der Waals surface area contributed by atoms with E-state index in [1.54, 1.807) is 31.2 Å². The highest BCUT2D eigenvalue weighted by molar-refractivity contribution is 6.31. The zero-order valence-corrected chi connectivity index (χ0v) is 15.2. The number of ether oxygens (including phenoxy) is 1. The highest BCUT2D eigenvalue weighted by Crippen LogP contribution is 2.37. The summed E-state index contributed by atoms with van der Waals surface area (Å²) < 4.78 is 45.4. The highest BCUT2D eigenvalue weighted by atomic mass is 35.5. The summed E-state index contributed by atoms with van der Waals surface area (Å²) in [4.78, 5) is 11.6. The number of halogens is 4. The van der Waals surface area contributed by atoms with Gasteiger partial charge in [0.05, 0.1) is 12.0 Å². The predicted molar refractivity (Wildman–Crippen MR) is 94.4 cm³/mol. The van der Waals surface area contributed by atoms with E-state index in [4.69, 9.17) is 16.3 Å². The van der Waals surface area contributed by atoms with Crippen LogP contribution in [0, 0.1) is 0 Å². The van der Waals surface area contributed by atoms with Gasteiger partial charge >= 0.3 is 6.18 Å². The third-order valence-electron chi connectivity index (χ3n) is 3.98. The van der Waals surface area contributed by atoms with Gasteiger partial charge in [0.15, 0.2) is 0 Å². The molecule has 0 aliphatic heterocycles. The van der Waals surface area contributed by atoms with E-state index >= 15 is 0 Å². The molecule has 2 rings (SSSR count). The number of hydrogen-bond acceptors (Lipinski definition) is 2. The average Bonchev–Trinajstić information content (AvgIpc) is 2.60. The number of rotatable bonds is 6. The highest BCUT2D eigenvalue weighted by Gasteiger charge is 2.34. The van der Waals surface area contributed by atoms with E-state index < -0.39 is 11.7 Å². The van der Waals surface area contributed by atoms with E-state index in [2.05, 4.69) is 5.32 Å². The largest absolute Gasteiger partial charge is 0.488 e. The SMILES string of the molecule is CCc1ccc(OCc2c(Cl)cccc2CC(=O)NC)c(C(F)(F)F)c1. The maximum atomic E-state index is 13.3. The molecule has 0 radical (unpaired) electrons. The molecule has 1 N–H and O–H groups in total. The number of benzene rings is 2. The molecule has 0 spiro atoms. The predicted octanol–water partition coefficient (Wildman–Crippen LogP) is 4.79. The normalized spacial score (nSPS) is 11.3. The Bertz CT molecular complexity index is 791. The second kappa shape index (κ2) is 8.45. The molecule has 0 saturated carbocycles. The Morgan fingerprint density at radius 1 is 1.23 bits per heavy atom. The van der Waals surface area contributed by atoms with Gasteiger partial charge in [-0.25, -0.2) is 0 Å². The van der Waals surface area contributed by atoms with Gasteiger partial charge in [0.2, 0.25) is 5.91 Å². The molecule has 0 saturated heterocycles. The monoisotopic (exact) mass is 385 g/mol. The minimum Gasteiger partial charge on any atom is -0.488 e. The van der Waals surface area contributed by atoms with Crippen LogP contribution in [0.25, 0.3) is 0 Å². The van der Waals surface area contributed by atoms with Crippen LogP contribution in [0.15, 0.2) is 36.4 Å². The van der Waals surface area contributed by atoms with Crippen LogP contribution >= 0.6 is 11.6 Å². The number of hydrogen-bond donors (Lipinski definition) is 1. The van der Waals surface area contributed by atoms with E-state index in [1.165, 1.54) is 13.1 Å². The Labute approximate surface area is 155 Å². The van der Waals surface area contributed by atoms with Crippen LogP contribution in [-0.2, 0) is 30.4 Å². The molecule has 0 aliphatic carbocycles. The zero-order valence-electron chi connectivity index (χ0n) is 14.4. The van der Waals surface area contributed by atoms with Crippen molar-refractivity contribution in [1.82, 2.24) is 5.32 Å². The molecule has 0 aliphatic rings. The summed E-state index contributed by atoms with van der Waals surface area (Å²) in [6, 6.07) is 9.00. The van der Waals surface area contributed by atoms with Crippen molar-refractivity contribution in [2.75, 3.05) is 7.05 Å². The van der Waals surface area contributed by atoms with Gasteiger partial charge in [0.25, 0.3) is 0 Å². The lowest BCUT2D eigenvalue weighted by molar-refractivity contribution is -0.139. The van der Waals surface area contributed by atoms with Crippen LogP contribution in [0.5, 0.6) is 5.75 Å². The van der Waals surface area contributed by atoms with Crippen molar-refractivity contribution in [3.05, 3.63) is 63.7 Å². The van der Waals surface area contributed by atoms with E-state index in [0.717, 1.165) is 6.07 Å². The fourth-order valence-electron chi connectivity index (χ4n) is 2.49. The summed E-state index contributed by atoms with van der Waals surface area (Å²) in [7, 11) is 1.51. The van der Waals surface area contributed by atoms with Crippen molar-refractivity contribution < 1.29 is 22.7 Å². The first-order valence-electron chi connectivity index (χ1n) is 8.06. The first kappa shape index (κ1) is 20.1. The molecule has 0 aromatic heterocycles. The smallest absolute Gasteiger partial charge is 0.419 e. The molecule has 7 heteroatoms. The summed E-state index contributed by atoms with van der Waals surface area (Å²) in [5.74, 6) is -0.489. The Morgan fingerprint density at radius 2 is 1.96 bits per heavy atom. The Hall–Kier alpha value is -2.21. The van der Waals surface area contributed by atoms with E-state index in [0.29, 0.717) is 28.1 Å². The lowest BCUT2D eigenvalue weighted by Gasteiger charge is -2.17. The maximum Gasteiger partial charge on any atom is 0.419 e. The first-order chi connectivity index (χ1) is 12.3. The molecular weight excluding hydrogens is 367 g/mol. The molecule has 0 heterocycles. The van der Waals surface area contributed by atoms with Gasteiger partial charge in [0, 0.05) is 17.6 Å². The lowest BCUT2D eigenvalue weighted by Crippen LogP contribution is -2.21. The van der Waals surface area contributed by atoms with Crippen molar-refractivity contribution in [1.29, 1.82) is 0 Å². The van der Waals surface area contributed by atoms with E-state index in [9.17, 15) is 18.0 Å². The molecule has 0 unspecified atom stereocenters. The zero-order chi connectivity index (χ0) is 19.3. The minimum absolute atomic E-state index is 0.0661. The molecular formula is C19H19ClF3NO2. The molecule has 2 aromatic carbocycles. The van der Waals surface area contributed by atoms with Crippen LogP contribution in [0.4, 0.5) is 13.2 Å². The topological polar surface area (TPSA) is 38.3 Å². The summed E-state index contributed by atoms with van der Waals surface area (Å²) in [5, 5.41) is 2.84. The molecule has 140 valence electrons. The number of carbonyl (C=O) groups excluding carboxylic acids is 1. The van der Waals surface area contributed by atoms with Crippen molar-refractivity contribution >= 4 is 17.5 Å². The molecule has 26 heavy (non-hydrogen) atoms. The number of amides is 1. The van der Waals surface area contributed by atoms with E-state index in [-0.39, 0.29) is 24.7 Å². The van der Waals surface area contributed by atoms with Gasteiger partial charge in [-0.2, -0.15) is 13.2 Å². The van der Waals surface area contributed by atoms with Crippen molar-refractivity contribution in [3.63, 3.8) is 0 Å². The molecule has 0 atom stereocenters. The van der Waals surface area contributed by atoms with Crippen LogP contribution < -0.4 is 10.1 Å². The second-order valence-corrected chi connectivity index (χ2v) is 6.11. The molecule has 0 fully saturated rings. The van der Waals surface area contributed by atoms with E-state index in [1.807, 2.05) is 0 Å². The first-order valence-corrected chi connectivity index (χ1v) is 8.43. The van der Waals surface area contributed by atoms with Crippen molar-refractivity contribution in [2.45, 2.75) is 32.5 Å². The van der Waals surface area contributed by atoms with Gasteiger partial charge in [-0.05, 0) is 35.7 Å². The third-order valence-corrected chi connectivity index (χ3v) is 4.33. The summed E-state index contributed by atoms with van der Waals surface area (Å²) >= 11 is 6.17. The van der Waals surface area contributed by atoms with Crippen LogP contribution in [-0.4, -0.2) is 13.0 Å². The summed E-state index contributed by atoms with van der Waals surface area (Å²) in [6.07, 6.45) is -3.97. The van der Waals surface area contributed by atoms with Crippen LogP contribution in [0.3, 0.4) is 0 Å². The van der Waals surface area contributed by atoms with Crippen LogP contribution in [0.1, 0.15) is 29.2 Å².